The van der Waals surface area contributed by atoms with Gasteiger partial charge in [-0.3, -0.25) is 14.9 Å². The van der Waals surface area contributed by atoms with E-state index in [0.717, 1.165) is 16.6 Å². The van der Waals surface area contributed by atoms with Gasteiger partial charge in [0.25, 0.3) is 11.6 Å². The normalized spacial score (nSPS) is 14.1. The van der Waals surface area contributed by atoms with E-state index in [0.29, 0.717) is 32.1 Å². The summed E-state index contributed by atoms with van der Waals surface area (Å²) in [7, 11) is 0. The summed E-state index contributed by atoms with van der Waals surface area (Å²) >= 11 is 0. The molecule has 1 fully saturated rings. The quantitative estimate of drug-likeness (QED) is 0.484. The van der Waals surface area contributed by atoms with Gasteiger partial charge in [0.15, 0.2) is 6.61 Å². The molecule has 29 heavy (non-hydrogen) atoms. The number of para-hydroxylation sites is 1. The maximum absolute atomic E-state index is 12.5. The van der Waals surface area contributed by atoms with Crippen molar-refractivity contribution >= 4 is 28.2 Å². The van der Waals surface area contributed by atoms with Crippen molar-refractivity contribution in [3.8, 4) is 5.88 Å². The Morgan fingerprint density at radius 1 is 1.03 bits per heavy atom. The number of non-ortho nitro benzene ring substituents is 1. The van der Waals surface area contributed by atoms with E-state index in [4.69, 9.17) is 4.74 Å². The zero-order valence-corrected chi connectivity index (χ0v) is 15.6. The van der Waals surface area contributed by atoms with Crippen molar-refractivity contribution in [1.82, 2.24) is 14.9 Å². The van der Waals surface area contributed by atoms with Gasteiger partial charge >= 0.3 is 0 Å². The molecule has 0 bridgehead atoms. The first-order valence-corrected chi connectivity index (χ1v) is 9.21. The predicted octanol–water partition coefficient (Wildman–Crippen LogP) is 2.27. The Balaban J connectivity index is 1.32. The monoisotopic (exact) mass is 393 g/mol. The lowest BCUT2D eigenvalue weighted by Crippen LogP contribution is -2.50. The summed E-state index contributed by atoms with van der Waals surface area (Å²) in [5, 5.41) is 11.5. The first-order chi connectivity index (χ1) is 14.1. The molecule has 0 N–H and O–H groups in total. The number of hydrogen-bond donors (Lipinski definition) is 0. The van der Waals surface area contributed by atoms with Crippen molar-refractivity contribution in [3.63, 3.8) is 0 Å². The standard InChI is InChI=1S/C20H19N5O4/c26-19(13-29-20-17-3-1-2-4-18(17)21-14-22-20)24-11-9-23(10-12-24)15-5-7-16(8-6-15)25(27)28/h1-8,14H,9-13H2. The molecule has 0 spiro atoms. The second kappa shape index (κ2) is 8.09. The minimum absolute atomic E-state index is 0.0666. The van der Waals surface area contributed by atoms with Crippen molar-refractivity contribution < 1.29 is 14.5 Å². The number of rotatable bonds is 5. The summed E-state index contributed by atoms with van der Waals surface area (Å²) in [6, 6.07) is 13.9. The van der Waals surface area contributed by atoms with Crippen LogP contribution in [0.2, 0.25) is 0 Å². The summed E-state index contributed by atoms with van der Waals surface area (Å²) in [5.74, 6) is 0.296. The van der Waals surface area contributed by atoms with Crippen molar-refractivity contribution in [2.24, 2.45) is 0 Å². The average molecular weight is 393 g/mol. The number of nitro benzene ring substituents is 1. The van der Waals surface area contributed by atoms with E-state index in [1.165, 1.54) is 18.5 Å². The Morgan fingerprint density at radius 2 is 1.76 bits per heavy atom. The molecule has 9 heteroatoms. The Labute approximate surface area is 166 Å². The van der Waals surface area contributed by atoms with Crippen molar-refractivity contribution in [2.45, 2.75) is 0 Å². The molecule has 2 heterocycles. The maximum atomic E-state index is 12.5. The van der Waals surface area contributed by atoms with Gasteiger partial charge < -0.3 is 14.5 Å². The SMILES string of the molecule is O=C(COc1ncnc2ccccc12)N1CCN(c2ccc([N+](=O)[O-])cc2)CC1. The number of nitrogens with zero attached hydrogens (tertiary/aromatic N) is 5. The zero-order chi connectivity index (χ0) is 20.2. The summed E-state index contributed by atoms with van der Waals surface area (Å²) in [6.45, 7) is 2.34. The summed E-state index contributed by atoms with van der Waals surface area (Å²) in [4.78, 5) is 35.1. The second-order valence-electron chi connectivity index (χ2n) is 6.63. The minimum atomic E-state index is -0.415. The third kappa shape index (κ3) is 4.08. The lowest BCUT2D eigenvalue weighted by atomic mass is 10.2. The molecule has 1 aliphatic rings. The van der Waals surface area contributed by atoms with E-state index in [2.05, 4.69) is 14.9 Å². The van der Waals surface area contributed by atoms with Crippen LogP contribution in [-0.2, 0) is 4.79 Å². The Kier molecular flexibility index (Phi) is 5.19. The van der Waals surface area contributed by atoms with Crippen LogP contribution in [-0.4, -0.2) is 58.5 Å². The van der Waals surface area contributed by atoms with Gasteiger partial charge in [-0.2, -0.15) is 0 Å². The van der Waals surface area contributed by atoms with Gasteiger partial charge in [-0.05, 0) is 24.3 Å². The number of carbonyl (C=O) groups excluding carboxylic acids is 1. The highest BCUT2D eigenvalue weighted by Gasteiger charge is 2.22. The van der Waals surface area contributed by atoms with Crippen LogP contribution in [0.5, 0.6) is 5.88 Å². The fourth-order valence-corrected chi connectivity index (χ4v) is 3.32. The molecule has 148 valence electrons. The first kappa shape index (κ1) is 18.6. The van der Waals surface area contributed by atoms with Gasteiger partial charge in [-0.15, -0.1) is 0 Å². The van der Waals surface area contributed by atoms with Crippen LogP contribution < -0.4 is 9.64 Å². The highest BCUT2D eigenvalue weighted by molar-refractivity contribution is 5.84. The van der Waals surface area contributed by atoms with Gasteiger partial charge in [0.05, 0.1) is 15.8 Å². The Morgan fingerprint density at radius 3 is 2.48 bits per heavy atom. The average Bonchev–Trinajstić information content (AvgIpc) is 2.77. The third-order valence-electron chi connectivity index (χ3n) is 4.90. The number of carbonyl (C=O) groups is 1. The molecular weight excluding hydrogens is 374 g/mol. The van der Waals surface area contributed by atoms with Gasteiger partial charge in [0.1, 0.15) is 6.33 Å². The van der Waals surface area contributed by atoms with Crippen LogP contribution in [0, 0.1) is 10.1 Å². The zero-order valence-electron chi connectivity index (χ0n) is 15.6. The van der Waals surface area contributed by atoms with Crippen LogP contribution in [0.1, 0.15) is 0 Å². The van der Waals surface area contributed by atoms with E-state index in [-0.39, 0.29) is 18.2 Å². The first-order valence-electron chi connectivity index (χ1n) is 9.21. The van der Waals surface area contributed by atoms with E-state index in [1.54, 1.807) is 17.0 Å². The largest absolute Gasteiger partial charge is 0.467 e. The van der Waals surface area contributed by atoms with E-state index in [9.17, 15) is 14.9 Å². The van der Waals surface area contributed by atoms with Crippen LogP contribution in [0.15, 0.2) is 54.9 Å². The molecule has 0 saturated carbocycles. The molecule has 1 amide bonds. The van der Waals surface area contributed by atoms with Crippen LogP contribution in [0.3, 0.4) is 0 Å². The van der Waals surface area contributed by atoms with Gasteiger partial charge in [0, 0.05) is 44.0 Å². The lowest BCUT2D eigenvalue weighted by molar-refractivity contribution is -0.384. The van der Waals surface area contributed by atoms with Gasteiger partial charge in [-0.1, -0.05) is 12.1 Å². The molecule has 0 unspecified atom stereocenters. The van der Waals surface area contributed by atoms with Crippen molar-refractivity contribution in [1.29, 1.82) is 0 Å². The lowest BCUT2D eigenvalue weighted by Gasteiger charge is -2.36. The molecular formula is C20H19N5O4. The number of benzene rings is 2. The number of aromatic nitrogens is 2. The maximum Gasteiger partial charge on any atom is 0.269 e. The molecule has 0 atom stereocenters. The molecule has 1 aliphatic heterocycles. The van der Waals surface area contributed by atoms with Crippen molar-refractivity contribution in [3.05, 3.63) is 65.0 Å². The summed E-state index contributed by atoms with van der Waals surface area (Å²) < 4.78 is 5.66. The summed E-state index contributed by atoms with van der Waals surface area (Å²) in [6.07, 6.45) is 1.42. The Bertz CT molecular complexity index is 1030. The smallest absolute Gasteiger partial charge is 0.269 e. The molecule has 9 nitrogen and oxygen atoms in total. The number of nitro groups is 1. The summed E-state index contributed by atoms with van der Waals surface area (Å²) in [5.41, 5.74) is 1.74. The van der Waals surface area contributed by atoms with Gasteiger partial charge in [0.2, 0.25) is 5.88 Å². The van der Waals surface area contributed by atoms with E-state index in [1.807, 2.05) is 24.3 Å². The van der Waals surface area contributed by atoms with Crippen LogP contribution in [0.25, 0.3) is 10.9 Å². The number of anilines is 1. The van der Waals surface area contributed by atoms with Crippen LogP contribution >= 0.6 is 0 Å². The molecule has 2 aromatic carbocycles. The second-order valence-corrected chi connectivity index (χ2v) is 6.63. The number of fused-ring (bicyclic) bond motifs is 1. The molecule has 1 saturated heterocycles. The third-order valence-corrected chi connectivity index (χ3v) is 4.90. The Hall–Kier alpha value is -3.75. The molecule has 4 rings (SSSR count). The van der Waals surface area contributed by atoms with Gasteiger partial charge in [-0.25, -0.2) is 9.97 Å². The number of hydrogen-bond acceptors (Lipinski definition) is 7. The number of amides is 1. The fourth-order valence-electron chi connectivity index (χ4n) is 3.32. The molecule has 1 aromatic heterocycles. The number of piperazine rings is 1. The number of ether oxygens (including phenoxy) is 1. The molecule has 3 aromatic rings. The van der Waals surface area contributed by atoms with E-state index >= 15 is 0 Å². The van der Waals surface area contributed by atoms with Crippen molar-refractivity contribution in [2.75, 3.05) is 37.7 Å². The molecule has 0 radical (unpaired) electrons. The predicted molar refractivity (Wildman–Crippen MR) is 107 cm³/mol. The minimum Gasteiger partial charge on any atom is -0.467 e. The van der Waals surface area contributed by atoms with E-state index < -0.39 is 4.92 Å². The topological polar surface area (TPSA) is 102 Å². The highest BCUT2D eigenvalue weighted by atomic mass is 16.6. The molecule has 0 aliphatic carbocycles. The fraction of sp³-hybridized carbons (Fsp3) is 0.250. The highest BCUT2D eigenvalue weighted by Crippen LogP contribution is 2.22. The van der Waals surface area contributed by atoms with Crippen LogP contribution in [0.4, 0.5) is 11.4 Å².